The quantitative estimate of drug-likeness (QED) is 0.938. The first-order valence-electron chi connectivity index (χ1n) is 5.40. The molecular weight excluding hydrogens is 299 g/mol. The Balaban J connectivity index is 2.15. The third kappa shape index (κ3) is 3.05. The van der Waals surface area contributed by atoms with Crippen LogP contribution in [-0.4, -0.2) is 4.98 Å². The summed E-state index contributed by atoms with van der Waals surface area (Å²) in [6.07, 6.45) is 1.67. The van der Waals surface area contributed by atoms with Crippen LogP contribution < -0.4 is 10.5 Å². The molecule has 1 aromatic carbocycles. The van der Waals surface area contributed by atoms with Gasteiger partial charge in [0.25, 0.3) is 0 Å². The molecular formula is C13H12BrFN2O. The number of pyridine rings is 1. The molecule has 18 heavy (non-hydrogen) atoms. The molecule has 2 aromatic rings. The molecule has 5 heteroatoms. The predicted octanol–water partition coefficient (Wildman–Crippen LogP) is 3.80. The van der Waals surface area contributed by atoms with Crippen LogP contribution in [0.2, 0.25) is 0 Å². The van der Waals surface area contributed by atoms with Crippen LogP contribution in [0, 0.1) is 5.82 Å². The smallest absolute Gasteiger partial charge is 0.219 e. The van der Waals surface area contributed by atoms with Crippen molar-refractivity contribution in [2.45, 2.75) is 13.0 Å². The van der Waals surface area contributed by atoms with Gasteiger partial charge in [-0.05, 0) is 46.6 Å². The Kier molecular flexibility index (Phi) is 3.93. The summed E-state index contributed by atoms with van der Waals surface area (Å²) >= 11 is 3.10. The van der Waals surface area contributed by atoms with Crippen LogP contribution in [-0.2, 0) is 0 Å². The van der Waals surface area contributed by atoms with E-state index in [1.165, 1.54) is 6.07 Å². The summed E-state index contributed by atoms with van der Waals surface area (Å²) in [6.45, 7) is 1.88. The maximum Gasteiger partial charge on any atom is 0.219 e. The fourth-order valence-corrected chi connectivity index (χ4v) is 1.74. The van der Waals surface area contributed by atoms with Crippen LogP contribution in [0.4, 0.5) is 4.39 Å². The van der Waals surface area contributed by atoms with Crippen LogP contribution in [0.5, 0.6) is 11.6 Å². The van der Waals surface area contributed by atoms with Crippen molar-refractivity contribution in [2.24, 2.45) is 5.73 Å². The fraction of sp³-hybridized carbons (Fsp3) is 0.154. The van der Waals surface area contributed by atoms with Gasteiger partial charge in [0.1, 0.15) is 11.6 Å². The molecule has 0 fully saturated rings. The first kappa shape index (κ1) is 13.0. The molecule has 0 saturated carbocycles. The third-order valence-electron chi connectivity index (χ3n) is 2.40. The normalized spacial score (nSPS) is 12.2. The zero-order valence-electron chi connectivity index (χ0n) is 9.73. The molecule has 94 valence electrons. The van der Waals surface area contributed by atoms with E-state index in [2.05, 4.69) is 20.9 Å². The van der Waals surface area contributed by atoms with Gasteiger partial charge in [0.2, 0.25) is 5.88 Å². The van der Waals surface area contributed by atoms with Crippen LogP contribution in [0.3, 0.4) is 0 Å². The second-order valence-corrected chi connectivity index (χ2v) is 4.75. The highest BCUT2D eigenvalue weighted by Gasteiger charge is 2.04. The third-order valence-corrected chi connectivity index (χ3v) is 3.01. The first-order chi connectivity index (χ1) is 8.56. The molecule has 0 amide bonds. The average molecular weight is 311 g/mol. The summed E-state index contributed by atoms with van der Waals surface area (Å²) in [5.74, 6) is 0.629. The molecule has 1 unspecified atom stereocenters. The van der Waals surface area contributed by atoms with E-state index in [-0.39, 0.29) is 11.9 Å². The zero-order chi connectivity index (χ0) is 13.1. The number of rotatable bonds is 3. The summed E-state index contributed by atoms with van der Waals surface area (Å²) in [7, 11) is 0. The predicted molar refractivity (Wildman–Crippen MR) is 71.0 cm³/mol. The van der Waals surface area contributed by atoms with E-state index in [1.54, 1.807) is 24.4 Å². The second-order valence-electron chi connectivity index (χ2n) is 3.90. The lowest BCUT2D eigenvalue weighted by atomic mass is 10.2. The Bertz CT molecular complexity index is 543. The molecule has 1 aromatic heterocycles. The van der Waals surface area contributed by atoms with E-state index in [0.717, 1.165) is 5.56 Å². The topological polar surface area (TPSA) is 48.1 Å². The van der Waals surface area contributed by atoms with Crippen molar-refractivity contribution in [3.63, 3.8) is 0 Å². The molecule has 0 aliphatic rings. The maximum atomic E-state index is 13.0. The van der Waals surface area contributed by atoms with E-state index in [0.29, 0.717) is 16.1 Å². The molecule has 0 bridgehead atoms. The van der Waals surface area contributed by atoms with Gasteiger partial charge in [-0.1, -0.05) is 6.07 Å². The summed E-state index contributed by atoms with van der Waals surface area (Å²) in [4.78, 5) is 4.14. The highest BCUT2D eigenvalue weighted by Crippen LogP contribution is 2.25. The summed E-state index contributed by atoms with van der Waals surface area (Å²) < 4.78 is 18.9. The number of benzene rings is 1. The van der Waals surface area contributed by atoms with Gasteiger partial charge >= 0.3 is 0 Å². The fourth-order valence-electron chi connectivity index (χ4n) is 1.38. The Morgan fingerprint density at radius 2 is 2.11 bits per heavy atom. The lowest BCUT2D eigenvalue weighted by molar-refractivity contribution is 0.460. The number of ether oxygens (including phenoxy) is 1. The lowest BCUT2D eigenvalue weighted by Gasteiger charge is -2.08. The van der Waals surface area contributed by atoms with Crippen molar-refractivity contribution in [3.8, 4) is 11.6 Å². The van der Waals surface area contributed by atoms with Crippen molar-refractivity contribution < 1.29 is 9.13 Å². The number of nitrogens with zero attached hydrogens (tertiary/aromatic N) is 1. The van der Waals surface area contributed by atoms with Gasteiger partial charge < -0.3 is 10.5 Å². The van der Waals surface area contributed by atoms with Crippen molar-refractivity contribution in [1.29, 1.82) is 0 Å². The Morgan fingerprint density at radius 1 is 1.33 bits per heavy atom. The largest absolute Gasteiger partial charge is 0.439 e. The molecule has 0 spiro atoms. The number of halogens is 2. The molecule has 3 nitrogen and oxygen atoms in total. The van der Waals surface area contributed by atoms with E-state index >= 15 is 0 Å². The molecule has 0 aliphatic heterocycles. The minimum absolute atomic E-state index is 0.0634. The van der Waals surface area contributed by atoms with E-state index in [4.69, 9.17) is 10.5 Å². The first-order valence-corrected chi connectivity index (χ1v) is 6.20. The Labute approximate surface area is 113 Å². The van der Waals surface area contributed by atoms with Crippen LogP contribution in [0.1, 0.15) is 18.5 Å². The van der Waals surface area contributed by atoms with Crippen molar-refractivity contribution in [2.75, 3.05) is 0 Å². The van der Waals surface area contributed by atoms with Crippen molar-refractivity contribution >= 4 is 15.9 Å². The minimum atomic E-state index is -0.331. The highest BCUT2D eigenvalue weighted by molar-refractivity contribution is 9.10. The van der Waals surface area contributed by atoms with E-state index in [9.17, 15) is 4.39 Å². The molecule has 1 heterocycles. The Morgan fingerprint density at radius 3 is 2.67 bits per heavy atom. The molecule has 0 aliphatic carbocycles. The number of hydrogen-bond acceptors (Lipinski definition) is 3. The average Bonchev–Trinajstić information content (AvgIpc) is 2.34. The minimum Gasteiger partial charge on any atom is -0.439 e. The van der Waals surface area contributed by atoms with E-state index < -0.39 is 0 Å². The SMILES string of the molecule is CC(N)c1ccc(Oc2ccc(F)c(Br)c2)nc1. The standard InChI is InChI=1S/C13H12BrFN2O/c1-8(16)9-2-5-13(17-7-9)18-10-3-4-12(15)11(14)6-10/h2-8H,16H2,1H3. The van der Waals surface area contributed by atoms with Crippen molar-refractivity contribution in [1.82, 2.24) is 4.98 Å². The molecule has 0 saturated heterocycles. The second kappa shape index (κ2) is 5.46. The van der Waals surface area contributed by atoms with Crippen LogP contribution in [0.25, 0.3) is 0 Å². The van der Waals surface area contributed by atoms with Gasteiger partial charge in [-0.2, -0.15) is 0 Å². The van der Waals surface area contributed by atoms with Gasteiger partial charge in [-0.25, -0.2) is 9.37 Å². The van der Waals surface area contributed by atoms with Crippen LogP contribution in [0.15, 0.2) is 41.0 Å². The van der Waals surface area contributed by atoms with Crippen LogP contribution >= 0.6 is 15.9 Å². The summed E-state index contributed by atoms with van der Waals surface area (Å²) in [5, 5.41) is 0. The maximum absolute atomic E-state index is 13.0. The highest BCUT2D eigenvalue weighted by atomic mass is 79.9. The van der Waals surface area contributed by atoms with Gasteiger partial charge in [0.05, 0.1) is 4.47 Å². The molecule has 0 radical (unpaired) electrons. The molecule has 1 atom stereocenters. The van der Waals surface area contributed by atoms with Crippen molar-refractivity contribution in [3.05, 3.63) is 52.4 Å². The van der Waals surface area contributed by atoms with Gasteiger partial charge in [-0.3, -0.25) is 0 Å². The monoisotopic (exact) mass is 310 g/mol. The van der Waals surface area contributed by atoms with Gasteiger partial charge in [-0.15, -0.1) is 0 Å². The number of aromatic nitrogens is 1. The van der Waals surface area contributed by atoms with Gasteiger partial charge in [0, 0.05) is 18.3 Å². The van der Waals surface area contributed by atoms with E-state index in [1.807, 2.05) is 13.0 Å². The number of nitrogens with two attached hydrogens (primary N) is 1. The summed E-state index contributed by atoms with van der Waals surface area (Å²) in [6, 6.07) is 7.95. The lowest BCUT2D eigenvalue weighted by Crippen LogP contribution is -2.05. The summed E-state index contributed by atoms with van der Waals surface area (Å²) in [5.41, 5.74) is 6.66. The molecule has 2 rings (SSSR count). The molecule has 2 N–H and O–H groups in total. The van der Waals surface area contributed by atoms with Gasteiger partial charge in [0.15, 0.2) is 0 Å². The Hall–Kier alpha value is -1.46. The number of hydrogen-bond donors (Lipinski definition) is 1. The zero-order valence-corrected chi connectivity index (χ0v) is 11.3.